The summed E-state index contributed by atoms with van der Waals surface area (Å²) in [5, 5.41) is 2.83. The molecule has 1 N–H and O–H groups in total. The Labute approximate surface area is 142 Å². The summed E-state index contributed by atoms with van der Waals surface area (Å²) in [6, 6.07) is 7.09. The zero-order valence-electron chi connectivity index (χ0n) is 14.2. The van der Waals surface area contributed by atoms with Crippen molar-refractivity contribution in [3.8, 4) is 0 Å². The van der Waals surface area contributed by atoms with Gasteiger partial charge in [-0.3, -0.25) is 14.4 Å². The summed E-state index contributed by atoms with van der Waals surface area (Å²) in [5.41, 5.74) is 1.42. The van der Waals surface area contributed by atoms with Crippen molar-refractivity contribution >= 4 is 29.2 Å². The average molecular weight is 332 g/mol. The standard InChI is InChI=1S/C18H24N2O4/c1-3-5-6-16(21)19-14-7-9-15(10-8-14)20-12-13(11-17(20)22)18(23)24-4-2/h7-10,13H,3-6,11-12H2,1-2H3,(H,19,21)/t13-/m0/s1. The summed E-state index contributed by atoms with van der Waals surface area (Å²) in [7, 11) is 0. The molecule has 1 aliphatic rings. The molecule has 0 saturated carbocycles. The number of hydrogen-bond donors (Lipinski definition) is 1. The molecule has 1 heterocycles. The van der Waals surface area contributed by atoms with Crippen molar-refractivity contribution in [3.63, 3.8) is 0 Å². The molecule has 0 spiro atoms. The highest BCUT2D eigenvalue weighted by Crippen LogP contribution is 2.27. The van der Waals surface area contributed by atoms with Gasteiger partial charge in [0.15, 0.2) is 0 Å². The Morgan fingerprint density at radius 2 is 1.96 bits per heavy atom. The monoisotopic (exact) mass is 332 g/mol. The number of benzene rings is 1. The van der Waals surface area contributed by atoms with Crippen molar-refractivity contribution < 1.29 is 19.1 Å². The van der Waals surface area contributed by atoms with E-state index in [1.165, 1.54) is 0 Å². The zero-order valence-corrected chi connectivity index (χ0v) is 14.2. The number of anilines is 2. The van der Waals surface area contributed by atoms with E-state index in [9.17, 15) is 14.4 Å². The Kier molecular flexibility index (Phi) is 6.35. The largest absolute Gasteiger partial charge is 0.466 e. The maximum Gasteiger partial charge on any atom is 0.311 e. The van der Waals surface area contributed by atoms with E-state index in [1.807, 2.05) is 6.92 Å². The van der Waals surface area contributed by atoms with Crippen LogP contribution in [-0.2, 0) is 19.1 Å². The lowest BCUT2D eigenvalue weighted by Crippen LogP contribution is -2.26. The van der Waals surface area contributed by atoms with E-state index >= 15 is 0 Å². The fourth-order valence-electron chi connectivity index (χ4n) is 2.66. The number of esters is 1. The number of nitrogens with zero attached hydrogens (tertiary/aromatic N) is 1. The minimum Gasteiger partial charge on any atom is -0.466 e. The highest BCUT2D eigenvalue weighted by Gasteiger charge is 2.35. The van der Waals surface area contributed by atoms with Crippen molar-refractivity contribution in [2.24, 2.45) is 5.92 Å². The van der Waals surface area contributed by atoms with E-state index < -0.39 is 5.92 Å². The van der Waals surface area contributed by atoms with Crippen LogP contribution in [0.3, 0.4) is 0 Å². The first-order valence-electron chi connectivity index (χ1n) is 8.42. The van der Waals surface area contributed by atoms with Gasteiger partial charge in [0.25, 0.3) is 0 Å². The van der Waals surface area contributed by atoms with E-state index in [0.29, 0.717) is 25.3 Å². The number of carbonyl (C=O) groups is 3. The number of amides is 2. The van der Waals surface area contributed by atoms with Gasteiger partial charge in [0, 0.05) is 30.8 Å². The molecule has 6 heteroatoms. The van der Waals surface area contributed by atoms with E-state index in [2.05, 4.69) is 5.32 Å². The Morgan fingerprint density at radius 1 is 1.25 bits per heavy atom. The van der Waals surface area contributed by atoms with E-state index in [4.69, 9.17) is 4.74 Å². The summed E-state index contributed by atoms with van der Waals surface area (Å²) in [5.74, 6) is -0.837. The number of hydrogen-bond acceptors (Lipinski definition) is 4. The molecule has 0 unspecified atom stereocenters. The molecule has 1 aliphatic heterocycles. The van der Waals surface area contributed by atoms with Crippen LogP contribution < -0.4 is 10.2 Å². The van der Waals surface area contributed by atoms with Gasteiger partial charge in [-0.05, 0) is 37.6 Å². The Hall–Kier alpha value is -2.37. The molecule has 24 heavy (non-hydrogen) atoms. The molecular weight excluding hydrogens is 308 g/mol. The van der Waals surface area contributed by atoms with Crippen LogP contribution in [0.25, 0.3) is 0 Å². The third kappa shape index (κ3) is 4.57. The van der Waals surface area contributed by atoms with Crippen LogP contribution in [0.2, 0.25) is 0 Å². The normalized spacial score (nSPS) is 17.0. The van der Waals surface area contributed by atoms with Gasteiger partial charge in [0.2, 0.25) is 11.8 Å². The number of carbonyl (C=O) groups excluding carboxylic acids is 3. The number of unbranched alkanes of at least 4 members (excludes halogenated alkanes) is 1. The third-order valence-electron chi connectivity index (χ3n) is 3.97. The zero-order chi connectivity index (χ0) is 17.5. The van der Waals surface area contributed by atoms with Crippen molar-refractivity contribution in [1.82, 2.24) is 0 Å². The third-order valence-corrected chi connectivity index (χ3v) is 3.97. The molecule has 2 amide bonds. The Balaban J connectivity index is 1.96. The van der Waals surface area contributed by atoms with Gasteiger partial charge >= 0.3 is 5.97 Å². The molecule has 2 rings (SSSR count). The van der Waals surface area contributed by atoms with Crippen LogP contribution in [0.5, 0.6) is 0 Å². The molecule has 1 fully saturated rings. The minimum atomic E-state index is -0.411. The van der Waals surface area contributed by atoms with E-state index in [-0.39, 0.29) is 24.2 Å². The van der Waals surface area contributed by atoms with Crippen LogP contribution in [0.4, 0.5) is 11.4 Å². The molecule has 0 bridgehead atoms. The van der Waals surface area contributed by atoms with Gasteiger partial charge in [0.05, 0.1) is 12.5 Å². The van der Waals surface area contributed by atoms with Gasteiger partial charge in [-0.15, -0.1) is 0 Å². The number of nitrogens with one attached hydrogen (secondary N) is 1. The van der Waals surface area contributed by atoms with Crippen molar-refractivity contribution in [3.05, 3.63) is 24.3 Å². The summed E-state index contributed by atoms with van der Waals surface area (Å²) in [6.45, 7) is 4.44. The van der Waals surface area contributed by atoms with Crippen LogP contribution >= 0.6 is 0 Å². The van der Waals surface area contributed by atoms with Gasteiger partial charge in [-0.25, -0.2) is 0 Å². The van der Waals surface area contributed by atoms with E-state index in [0.717, 1.165) is 18.5 Å². The lowest BCUT2D eigenvalue weighted by Gasteiger charge is -2.17. The second-order valence-corrected chi connectivity index (χ2v) is 5.86. The first-order chi connectivity index (χ1) is 11.5. The quantitative estimate of drug-likeness (QED) is 0.779. The molecule has 1 saturated heterocycles. The first-order valence-corrected chi connectivity index (χ1v) is 8.42. The van der Waals surface area contributed by atoms with Crippen molar-refractivity contribution in [2.75, 3.05) is 23.4 Å². The van der Waals surface area contributed by atoms with Gasteiger partial charge < -0.3 is 15.0 Å². The van der Waals surface area contributed by atoms with Gasteiger partial charge in [-0.2, -0.15) is 0 Å². The highest BCUT2D eigenvalue weighted by molar-refractivity contribution is 5.99. The molecule has 6 nitrogen and oxygen atoms in total. The maximum absolute atomic E-state index is 12.1. The SMILES string of the molecule is CCCCC(=O)Nc1ccc(N2C[C@@H](C(=O)OCC)CC2=O)cc1. The average Bonchev–Trinajstić information content (AvgIpc) is 2.96. The number of rotatable bonds is 7. The molecule has 0 aliphatic carbocycles. The van der Waals surface area contributed by atoms with E-state index in [1.54, 1.807) is 36.1 Å². The van der Waals surface area contributed by atoms with Crippen LogP contribution in [-0.4, -0.2) is 30.9 Å². The second-order valence-electron chi connectivity index (χ2n) is 5.86. The molecule has 1 aromatic carbocycles. The molecule has 130 valence electrons. The summed E-state index contributed by atoms with van der Waals surface area (Å²) >= 11 is 0. The lowest BCUT2D eigenvalue weighted by atomic mass is 10.1. The first kappa shape index (κ1) is 18.0. The smallest absolute Gasteiger partial charge is 0.311 e. The molecule has 1 aromatic rings. The highest BCUT2D eigenvalue weighted by atomic mass is 16.5. The Morgan fingerprint density at radius 3 is 2.58 bits per heavy atom. The Bertz CT molecular complexity index is 598. The molecule has 0 aromatic heterocycles. The minimum absolute atomic E-state index is 0.00998. The summed E-state index contributed by atoms with van der Waals surface area (Å²) < 4.78 is 4.99. The molecular formula is C18H24N2O4. The van der Waals surface area contributed by atoms with Crippen LogP contribution in [0.1, 0.15) is 39.5 Å². The summed E-state index contributed by atoms with van der Waals surface area (Å²) in [4.78, 5) is 37.2. The lowest BCUT2D eigenvalue weighted by molar-refractivity contribution is -0.147. The maximum atomic E-state index is 12.1. The predicted octanol–water partition coefficient (Wildman–Crippen LogP) is 2.73. The predicted molar refractivity (Wildman–Crippen MR) is 91.7 cm³/mol. The fraction of sp³-hybridized carbons (Fsp3) is 0.500. The van der Waals surface area contributed by atoms with Crippen LogP contribution in [0, 0.1) is 5.92 Å². The van der Waals surface area contributed by atoms with Crippen molar-refractivity contribution in [1.29, 1.82) is 0 Å². The van der Waals surface area contributed by atoms with Crippen LogP contribution in [0.15, 0.2) is 24.3 Å². The number of ether oxygens (including phenoxy) is 1. The topological polar surface area (TPSA) is 75.7 Å². The summed E-state index contributed by atoms with van der Waals surface area (Å²) in [6.07, 6.45) is 2.52. The fourth-order valence-corrected chi connectivity index (χ4v) is 2.66. The molecule has 0 radical (unpaired) electrons. The van der Waals surface area contributed by atoms with Crippen molar-refractivity contribution in [2.45, 2.75) is 39.5 Å². The molecule has 1 atom stereocenters. The van der Waals surface area contributed by atoms with Gasteiger partial charge in [0.1, 0.15) is 0 Å². The second kappa shape index (κ2) is 8.47. The van der Waals surface area contributed by atoms with Gasteiger partial charge in [-0.1, -0.05) is 13.3 Å².